The number of anilines is 1. The Hall–Kier alpha value is -3.04. The predicted octanol–water partition coefficient (Wildman–Crippen LogP) is 4.81. The minimum atomic E-state index is -0.202. The molecular formula is C21H19N5O2S2. The van der Waals surface area contributed by atoms with Gasteiger partial charge in [0.05, 0.1) is 11.3 Å². The number of carbonyl (C=O) groups is 1. The molecule has 3 heterocycles. The summed E-state index contributed by atoms with van der Waals surface area (Å²) in [5.41, 5.74) is 2.06. The van der Waals surface area contributed by atoms with E-state index in [1.807, 2.05) is 55.1 Å². The maximum absolute atomic E-state index is 12.8. The van der Waals surface area contributed by atoms with Crippen LogP contribution in [0.3, 0.4) is 0 Å². The molecule has 4 rings (SSSR count). The van der Waals surface area contributed by atoms with Crippen LogP contribution in [0.2, 0.25) is 0 Å². The standard InChI is InChI=1S/C21H19N5O2S2/c1-14-12-16(25-28-14)13-29-20-18(4-3-9-22-20)19(27)24-15-5-7-17(8-6-15)30-21-23-10-11-26(21)2/h3-12H,13H2,1-2H3,(H,24,27). The van der Waals surface area contributed by atoms with E-state index < -0.39 is 0 Å². The molecule has 1 N–H and O–H groups in total. The number of aromatic nitrogens is 4. The van der Waals surface area contributed by atoms with Gasteiger partial charge in [-0.05, 0) is 43.3 Å². The van der Waals surface area contributed by atoms with Crippen LogP contribution in [-0.2, 0) is 12.8 Å². The van der Waals surface area contributed by atoms with Gasteiger partial charge >= 0.3 is 0 Å². The zero-order valence-electron chi connectivity index (χ0n) is 16.4. The minimum Gasteiger partial charge on any atom is -0.361 e. The fourth-order valence-corrected chi connectivity index (χ4v) is 4.34. The molecule has 0 bridgehead atoms. The zero-order chi connectivity index (χ0) is 20.9. The van der Waals surface area contributed by atoms with Crippen molar-refractivity contribution in [3.8, 4) is 0 Å². The van der Waals surface area contributed by atoms with Gasteiger partial charge in [-0.25, -0.2) is 9.97 Å². The van der Waals surface area contributed by atoms with Crippen molar-refractivity contribution in [1.29, 1.82) is 0 Å². The Morgan fingerprint density at radius 2 is 2.00 bits per heavy atom. The average Bonchev–Trinajstić information content (AvgIpc) is 3.36. The molecule has 4 aromatic rings. The summed E-state index contributed by atoms with van der Waals surface area (Å²) in [5, 5.41) is 8.48. The van der Waals surface area contributed by atoms with Crippen LogP contribution in [0.4, 0.5) is 5.69 Å². The number of imidazole rings is 1. The molecule has 0 aliphatic carbocycles. The number of pyridine rings is 1. The van der Waals surface area contributed by atoms with Crippen molar-refractivity contribution in [2.75, 3.05) is 5.32 Å². The third kappa shape index (κ3) is 4.92. The summed E-state index contributed by atoms with van der Waals surface area (Å²) in [6.07, 6.45) is 5.35. The van der Waals surface area contributed by atoms with Gasteiger partial charge in [-0.1, -0.05) is 28.7 Å². The monoisotopic (exact) mass is 437 g/mol. The number of nitrogens with one attached hydrogen (secondary N) is 1. The fourth-order valence-electron chi connectivity index (χ4n) is 2.67. The molecule has 0 saturated heterocycles. The van der Waals surface area contributed by atoms with Crippen LogP contribution in [-0.4, -0.2) is 25.6 Å². The van der Waals surface area contributed by atoms with E-state index in [9.17, 15) is 4.79 Å². The van der Waals surface area contributed by atoms with Crippen LogP contribution >= 0.6 is 23.5 Å². The van der Waals surface area contributed by atoms with Gasteiger partial charge in [0.15, 0.2) is 5.16 Å². The van der Waals surface area contributed by atoms with E-state index in [2.05, 4.69) is 20.4 Å². The van der Waals surface area contributed by atoms with E-state index in [-0.39, 0.29) is 5.91 Å². The van der Waals surface area contributed by atoms with Crippen LogP contribution in [0.5, 0.6) is 0 Å². The Balaban J connectivity index is 1.41. The van der Waals surface area contributed by atoms with Gasteiger partial charge in [0, 0.05) is 48.0 Å². The van der Waals surface area contributed by atoms with Crippen molar-refractivity contribution in [2.24, 2.45) is 7.05 Å². The van der Waals surface area contributed by atoms with E-state index in [1.165, 1.54) is 11.8 Å². The van der Waals surface area contributed by atoms with Crippen molar-refractivity contribution in [2.45, 2.75) is 27.8 Å². The molecule has 7 nitrogen and oxygen atoms in total. The summed E-state index contributed by atoms with van der Waals surface area (Å²) < 4.78 is 7.05. The number of nitrogens with zero attached hydrogens (tertiary/aromatic N) is 4. The smallest absolute Gasteiger partial charge is 0.258 e. The van der Waals surface area contributed by atoms with Crippen molar-refractivity contribution < 1.29 is 9.32 Å². The lowest BCUT2D eigenvalue weighted by Crippen LogP contribution is -2.13. The Bertz CT molecular complexity index is 1150. The summed E-state index contributed by atoms with van der Waals surface area (Å²) in [6.45, 7) is 1.85. The third-order valence-electron chi connectivity index (χ3n) is 4.15. The summed E-state index contributed by atoms with van der Waals surface area (Å²) >= 11 is 3.02. The largest absolute Gasteiger partial charge is 0.361 e. The molecule has 0 saturated carbocycles. The van der Waals surface area contributed by atoms with Gasteiger partial charge in [-0.3, -0.25) is 4.79 Å². The Kier molecular flexibility index (Phi) is 6.20. The second-order valence-corrected chi connectivity index (χ2v) is 8.48. The first kappa shape index (κ1) is 20.2. The first-order valence-corrected chi connectivity index (χ1v) is 11.0. The lowest BCUT2D eigenvalue weighted by atomic mass is 10.2. The fraction of sp³-hybridized carbons (Fsp3) is 0.143. The number of hydrogen-bond donors (Lipinski definition) is 1. The molecule has 0 atom stereocenters. The molecule has 30 heavy (non-hydrogen) atoms. The van der Waals surface area contributed by atoms with E-state index >= 15 is 0 Å². The zero-order valence-corrected chi connectivity index (χ0v) is 18.0. The Labute approximate surface area is 182 Å². The third-order valence-corrected chi connectivity index (χ3v) is 6.27. The van der Waals surface area contributed by atoms with Crippen molar-refractivity contribution in [3.05, 3.63) is 78.1 Å². The van der Waals surface area contributed by atoms with Gasteiger partial charge in [-0.2, -0.15) is 0 Å². The highest BCUT2D eigenvalue weighted by atomic mass is 32.2. The number of aryl methyl sites for hydroxylation is 2. The van der Waals surface area contributed by atoms with Crippen LogP contribution in [0.15, 0.2) is 80.7 Å². The molecule has 0 unspecified atom stereocenters. The highest BCUT2D eigenvalue weighted by Crippen LogP contribution is 2.28. The van der Waals surface area contributed by atoms with E-state index in [4.69, 9.17) is 4.52 Å². The van der Waals surface area contributed by atoms with Gasteiger partial charge in [0.1, 0.15) is 10.8 Å². The molecule has 152 valence electrons. The highest BCUT2D eigenvalue weighted by Gasteiger charge is 2.14. The van der Waals surface area contributed by atoms with Gasteiger partial charge in [-0.15, -0.1) is 0 Å². The Morgan fingerprint density at radius 3 is 2.70 bits per heavy atom. The molecule has 0 aliphatic heterocycles. The maximum Gasteiger partial charge on any atom is 0.258 e. The normalized spacial score (nSPS) is 10.9. The SMILES string of the molecule is Cc1cc(CSc2ncccc2C(=O)Nc2ccc(Sc3nccn3C)cc2)no1. The number of rotatable bonds is 7. The van der Waals surface area contributed by atoms with E-state index in [0.717, 1.165) is 27.2 Å². The first-order chi connectivity index (χ1) is 14.6. The van der Waals surface area contributed by atoms with Gasteiger partial charge in [0.2, 0.25) is 0 Å². The molecule has 9 heteroatoms. The number of hydrogen-bond acceptors (Lipinski definition) is 7. The van der Waals surface area contributed by atoms with Crippen LogP contribution in [0.1, 0.15) is 21.8 Å². The number of amides is 1. The first-order valence-electron chi connectivity index (χ1n) is 9.15. The van der Waals surface area contributed by atoms with E-state index in [0.29, 0.717) is 16.3 Å². The molecule has 0 aliphatic rings. The van der Waals surface area contributed by atoms with Crippen molar-refractivity contribution in [3.63, 3.8) is 0 Å². The lowest BCUT2D eigenvalue weighted by molar-refractivity contribution is 0.102. The second-order valence-electron chi connectivity index (χ2n) is 6.47. The average molecular weight is 438 g/mol. The topological polar surface area (TPSA) is 85.8 Å². The predicted molar refractivity (Wildman–Crippen MR) is 117 cm³/mol. The summed E-state index contributed by atoms with van der Waals surface area (Å²) in [4.78, 5) is 22.5. The molecular weight excluding hydrogens is 418 g/mol. The molecule has 1 amide bonds. The van der Waals surface area contributed by atoms with E-state index in [1.54, 1.807) is 36.3 Å². The molecule has 0 radical (unpaired) electrons. The van der Waals surface area contributed by atoms with Crippen LogP contribution < -0.4 is 5.32 Å². The lowest BCUT2D eigenvalue weighted by Gasteiger charge is -2.09. The van der Waals surface area contributed by atoms with Gasteiger partial charge < -0.3 is 14.4 Å². The van der Waals surface area contributed by atoms with Crippen molar-refractivity contribution >= 4 is 35.1 Å². The highest BCUT2D eigenvalue weighted by molar-refractivity contribution is 7.99. The molecule has 3 aromatic heterocycles. The Morgan fingerprint density at radius 1 is 1.17 bits per heavy atom. The number of benzene rings is 1. The number of thioether (sulfide) groups is 1. The maximum atomic E-state index is 12.8. The van der Waals surface area contributed by atoms with Crippen molar-refractivity contribution in [1.82, 2.24) is 19.7 Å². The summed E-state index contributed by atoms with van der Waals surface area (Å²) in [6, 6.07) is 13.1. The summed E-state index contributed by atoms with van der Waals surface area (Å²) in [7, 11) is 1.96. The quantitative estimate of drug-likeness (QED) is 0.415. The summed E-state index contributed by atoms with van der Waals surface area (Å²) in [5.74, 6) is 1.13. The van der Waals surface area contributed by atoms with Gasteiger partial charge in [0.25, 0.3) is 5.91 Å². The molecule has 0 spiro atoms. The second kappa shape index (κ2) is 9.19. The van der Waals surface area contributed by atoms with Crippen LogP contribution in [0.25, 0.3) is 0 Å². The molecule has 0 fully saturated rings. The minimum absolute atomic E-state index is 0.202. The van der Waals surface area contributed by atoms with Crippen LogP contribution in [0, 0.1) is 6.92 Å². The number of carbonyl (C=O) groups excluding carboxylic acids is 1. The molecule has 1 aromatic carbocycles.